The van der Waals surface area contributed by atoms with Gasteiger partial charge in [0.1, 0.15) is 5.56 Å². The number of nitro groups is 1. The van der Waals surface area contributed by atoms with Crippen LogP contribution in [0.5, 0.6) is 11.5 Å². The van der Waals surface area contributed by atoms with E-state index in [0.29, 0.717) is 6.54 Å². The number of nitrogens with one attached hydrogen (secondary N) is 1. The average Bonchev–Trinajstić information content (AvgIpc) is 3.19. The van der Waals surface area contributed by atoms with E-state index in [2.05, 4.69) is 22.2 Å². The minimum atomic E-state index is -0.591. The summed E-state index contributed by atoms with van der Waals surface area (Å²) in [5.74, 6) is -0.0674. The van der Waals surface area contributed by atoms with Crippen LogP contribution < -0.4 is 14.8 Å². The lowest BCUT2D eigenvalue weighted by Crippen LogP contribution is -2.49. The van der Waals surface area contributed by atoms with E-state index in [9.17, 15) is 14.9 Å². The van der Waals surface area contributed by atoms with Crippen LogP contribution in [0.15, 0.2) is 30.5 Å². The fourth-order valence-corrected chi connectivity index (χ4v) is 3.86. The van der Waals surface area contributed by atoms with Crippen molar-refractivity contribution in [2.24, 2.45) is 7.05 Å². The van der Waals surface area contributed by atoms with Crippen molar-refractivity contribution in [2.45, 2.75) is 6.04 Å². The van der Waals surface area contributed by atoms with Crippen LogP contribution in [0.3, 0.4) is 0 Å². The summed E-state index contributed by atoms with van der Waals surface area (Å²) in [6.07, 6.45) is 1.97. The van der Waals surface area contributed by atoms with Crippen LogP contribution in [0.1, 0.15) is 22.1 Å². The molecule has 31 heavy (non-hydrogen) atoms. The number of benzene rings is 1. The molecule has 10 nitrogen and oxygen atoms in total. The molecule has 0 saturated carbocycles. The van der Waals surface area contributed by atoms with Gasteiger partial charge in [-0.3, -0.25) is 19.8 Å². The highest BCUT2D eigenvalue weighted by molar-refractivity contribution is 5.99. The largest absolute Gasteiger partial charge is 0.493 e. The van der Waals surface area contributed by atoms with Crippen molar-refractivity contribution < 1.29 is 19.2 Å². The second-order valence-corrected chi connectivity index (χ2v) is 7.59. The molecule has 0 bridgehead atoms. The zero-order chi connectivity index (χ0) is 22.5. The first-order valence-corrected chi connectivity index (χ1v) is 10.1. The Morgan fingerprint density at radius 3 is 2.35 bits per heavy atom. The third-order valence-electron chi connectivity index (χ3n) is 5.70. The van der Waals surface area contributed by atoms with Crippen molar-refractivity contribution in [2.75, 3.05) is 54.0 Å². The van der Waals surface area contributed by atoms with Crippen LogP contribution in [0.4, 0.5) is 5.69 Å². The molecule has 1 amide bonds. The number of hydrogen-bond donors (Lipinski definition) is 1. The molecular weight excluding hydrogens is 402 g/mol. The Kier molecular flexibility index (Phi) is 7.13. The number of ether oxygens (including phenoxy) is 2. The summed E-state index contributed by atoms with van der Waals surface area (Å²) < 4.78 is 12.4. The van der Waals surface area contributed by atoms with Gasteiger partial charge in [-0.15, -0.1) is 0 Å². The fourth-order valence-electron chi connectivity index (χ4n) is 3.86. The Labute approximate surface area is 181 Å². The molecule has 10 heteroatoms. The van der Waals surface area contributed by atoms with Gasteiger partial charge in [-0.2, -0.15) is 0 Å². The number of aromatic nitrogens is 1. The predicted octanol–water partition coefficient (Wildman–Crippen LogP) is 1.67. The number of rotatable bonds is 8. The molecule has 0 aliphatic carbocycles. The number of piperazine rings is 1. The van der Waals surface area contributed by atoms with Gasteiger partial charge >= 0.3 is 0 Å². The van der Waals surface area contributed by atoms with Gasteiger partial charge in [0, 0.05) is 57.7 Å². The summed E-state index contributed by atoms with van der Waals surface area (Å²) in [6.45, 7) is 3.95. The van der Waals surface area contributed by atoms with E-state index in [-0.39, 0.29) is 28.8 Å². The number of hydrogen-bond acceptors (Lipinski definition) is 7. The molecule has 0 radical (unpaired) electrons. The zero-order valence-corrected chi connectivity index (χ0v) is 18.3. The van der Waals surface area contributed by atoms with Crippen molar-refractivity contribution in [3.05, 3.63) is 51.8 Å². The van der Waals surface area contributed by atoms with Crippen LogP contribution in [-0.4, -0.2) is 79.2 Å². The normalized spacial score (nSPS) is 16.0. The number of likely N-dealkylation sites (N-methyl/N-ethyl adjacent to an activating group) is 1. The molecule has 3 rings (SSSR count). The minimum absolute atomic E-state index is 0.0446. The highest BCUT2D eigenvalue weighted by atomic mass is 16.6. The molecule has 1 aromatic carbocycles. The van der Waals surface area contributed by atoms with Crippen molar-refractivity contribution in [3.63, 3.8) is 0 Å². The number of carbonyl (C=O) groups is 1. The summed E-state index contributed by atoms with van der Waals surface area (Å²) >= 11 is 0. The maximum Gasteiger partial charge on any atom is 0.286 e. The Morgan fingerprint density at radius 1 is 1.16 bits per heavy atom. The molecule has 1 saturated heterocycles. The zero-order valence-electron chi connectivity index (χ0n) is 18.3. The highest BCUT2D eigenvalue weighted by Gasteiger charge is 2.28. The van der Waals surface area contributed by atoms with Crippen molar-refractivity contribution in [3.8, 4) is 11.5 Å². The summed E-state index contributed by atoms with van der Waals surface area (Å²) in [5, 5.41) is 14.5. The molecule has 1 aliphatic rings. The van der Waals surface area contributed by atoms with Crippen LogP contribution in [-0.2, 0) is 7.05 Å². The van der Waals surface area contributed by atoms with Crippen LogP contribution >= 0.6 is 0 Å². The number of nitrogens with zero attached hydrogens (tertiary/aromatic N) is 4. The van der Waals surface area contributed by atoms with Gasteiger partial charge < -0.3 is 24.3 Å². The standard InChI is InChI=1S/C21H29N5O5/c1-23-8-10-25(11-9-23)18(16-6-5-7-24(16)2)14-22-21(27)15-12-19(30-3)20(31-4)13-17(15)26(28)29/h5-7,12-13,18H,8-11,14H2,1-4H3,(H,22,27). The molecule has 2 heterocycles. The molecule has 1 N–H and O–H groups in total. The molecule has 0 spiro atoms. The highest BCUT2D eigenvalue weighted by Crippen LogP contribution is 2.34. The quantitative estimate of drug-likeness (QED) is 0.501. The molecule has 1 fully saturated rings. The fraction of sp³-hybridized carbons (Fsp3) is 0.476. The molecular formula is C21H29N5O5. The van der Waals surface area contributed by atoms with Crippen LogP contribution in [0.2, 0.25) is 0 Å². The summed E-state index contributed by atoms with van der Waals surface area (Å²) in [7, 11) is 6.87. The summed E-state index contributed by atoms with van der Waals surface area (Å²) in [5.41, 5.74) is 0.684. The Morgan fingerprint density at radius 2 is 1.81 bits per heavy atom. The van der Waals surface area contributed by atoms with Crippen LogP contribution in [0.25, 0.3) is 0 Å². The van der Waals surface area contributed by atoms with Gasteiger partial charge in [0.25, 0.3) is 11.6 Å². The van der Waals surface area contributed by atoms with E-state index < -0.39 is 10.8 Å². The predicted molar refractivity (Wildman–Crippen MR) is 116 cm³/mol. The van der Waals surface area contributed by atoms with Gasteiger partial charge in [-0.25, -0.2) is 0 Å². The summed E-state index contributed by atoms with van der Waals surface area (Å²) in [4.78, 5) is 28.5. The van der Waals surface area contributed by atoms with Crippen molar-refractivity contribution >= 4 is 11.6 Å². The number of amides is 1. The first-order valence-electron chi connectivity index (χ1n) is 10.1. The smallest absolute Gasteiger partial charge is 0.286 e. The van der Waals surface area contributed by atoms with Gasteiger partial charge in [0.2, 0.25) is 0 Å². The molecule has 2 aromatic rings. The molecule has 1 unspecified atom stereocenters. The number of carbonyl (C=O) groups excluding carboxylic acids is 1. The van der Waals surface area contributed by atoms with Crippen LogP contribution in [0, 0.1) is 10.1 Å². The van der Waals surface area contributed by atoms with Crippen molar-refractivity contribution in [1.82, 2.24) is 19.7 Å². The Bertz CT molecular complexity index is 936. The third kappa shape index (κ3) is 4.97. The SMILES string of the molecule is COc1cc(C(=O)NCC(c2cccn2C)N2CCN(C)CC2)c([N+](=O)[O-])cc1OC. The third-order valence-corrected chi connectivity index (χ3v) is 5.70. The number of methoxy groups -OCH3 is 2. The van der Waals surface area contributed by atoms with E-state index in [1.165, 1.54) is 26.4 Å². The molecule has 1 aromatic heterocycles. The van der Waals surface area contributed by atoms with Gasteiger partial charge in [-0.05, 0) is 19.2 Å². The molecule has 168 valence electrons. The first-order chi connectivity index (χ1) is 14.8. The van der Waals surface area contributed by atoms with E-state index in [1.54, 1.807) is 0 Å². The van der Waals surface area contributed by atoms with Gasteiger partial charge in [0.15, 0.2) is 11.5 Å². The summed E-state index contributed by atoms with van der Waals surface area (Å²) in [6, 6.07) is 6.52. The van der Waals surface area contributed by atoms with E-state index >= 15 is 0 Å². The topological polar surface area (TPSA) is 102 Å². The lowest BCUT2D eigenvalue weighted by molar-refractivity contribution is -0.385. The monoisotopic (exact) mass is 431 g/mol. The maximum atomic E-state index is 13.0. The van der Waals surface area contributed by atoms with E-state index in [4.69, 9.17) is 9.47 Å². The number of nitro benzene ring substituents is 1. The van der Waals surface area contributed by atoms with E-state index in [1.807, 2.05) is 29.9 Å². The number of aryl methyl sites for hydroxylation is 1. The van der Waals surface area contributed by atoms with Gasteiger partial charge in [0.05, 0.1) is 31.3 Å². The maximum absolute atomic E-state index is 13.0. The van der Waals surface area contributed by atoms with Gasteiger partial charge in [-0.1, -0.05) is 0 Å². The average molecular weight is 431 g/mol. The molecule has 1 aliphatic heterocycles. The van der Waals surface area contributed by atoms with E-state index in [0.717, 1.165) is 31.9 Å². The minimum Gasteiger partial charge on any atom is -0.493 e. The lowest BCUT2D eigenvalue weighted by atomic mass is 10.1. The second-order valence-electron chi connectivity index (χ2n) is 7.59. The molecule has 1 atom stereocenters. The second kappa shape index (κ2) is 9.80. The first kappa shape index (κ1) is 22.6. The lowest BCUT2D eigenvalue weighted by Gasteiger charge is -2.38. The Hall–Kier alpha value is -3.11. The Balaban J connectivity index is 1.84. The van der Waals surface area contributed by atoms with Crippen molar-refractivity contribution in [1.29, 1.82) is 0 Å².